The Balaban J connectivity index is 1.67. The average Bonchev–Trinajstić information content (AvgIpc) is 3.16. The molecule has 1 heterocycles. The summed E-state index contributed by atoms with van der Waals surface area (Å²) >= 11 is 1.34. The molecule has 2 amide bonds. The average molecular weight is 385 g/mol. The lowest BCUT2D eigenvalue weighted by atomic mass is 10.1. The van der Waals surface area contributed by atoms with Gasteiger partial charge in [-0.05, 0) is 42.5 Å². The van der Waals surface area contributed by atoms with E-state index in [0.717, 1.165) is 17.0 Å². The van der Waals surface area contributed by atoms with Gasteiger partial charge in [0, 0.05) is 16.6 Å². The molecule has 0 aliphatic rings. The Morgan fingerprint density at radius 3 is 2.33 bits per heavy atom. The van der Waals surface area contributed by atoms with Crippen LogP contribution in [0.2, 0.25) is 0 Å². The van der Waals surface area contributed by atoms with Crippen LogP contribution in [0.4, 0.5) is 15.6 Å². The van der Waals surface area contributed by atoms with Crippen LogP contribution < -0.4 is 24.8 Å². The maximum Gasteiger partial charge on any atom is 0.325 e. The van der Waals surface area contributed by atoms with Crippen molar-refractivity contribution in [1.29, 1.82) is 0 Å². The van der Waals surface area contributed by atoms with Gasteiger partial charge in [0.15, 0.2) is 16.6 Å². The molecule has 0 radical (unpaired) electrons. The number of thiazole rings is 1. The minimum atomic E-state index is -0.367. The number of methoxy groups -OCH3 is 3. The second-order valence-corrected chi connectivity index (χ2v) is 6.27. The lowest BCUT2D eigenvalue weighted by Gasteiger charge is -2.08. The van der Waals surface area contributed by atoms with Gasteiger partial charge in [0.25, 0.3) is 0 Å². The van der Waals surface area contributed by atoms with Crippen molar-refractivity contribution in [3.05, 3.63) is 47.8 Å². The fourth-order valence-corrected chi connectivity index (χ4v) is 3.11. The number of urea groups is 1. The van der Waals surface area contributed by atoms with Crippen molar-refractivity contribution in [2.75, 3.05) is 32.0 Å². The van der Waals surface area contributed by atoms with Crippen molar-refractivity contribution < 1.29 is 19.0 Å². The molecule has 0 bridgehead atoms. The summed E-state index contributed by atoms with van der Waals surface area (Å²) < 4.78 is 15.6. The number of rotatable bonds is 6. The molecular formula is C19H19N3O4S. The van der Waals surface area contributed by atoms with E-state index in [1.807, 2.05) is 23.6 Å². The molecule has 140 valence electrons. The van der Waals surface area contributed by atoms with Crippen LogP contribution in [0, 0.1) is 0 Å². The number of carbonyl (C=O) groups is 1. The molecule has 0 aliphatic carbocycles. The van der Waals surface area contributed by atoms with Crippen LogP contribution in [-0.4, -0.2) is 32.3 Å². The Bertz CT molecular complexity index is 925. The predicted octanol–water partition coefficient (Wildman–Crippen LogP) is 4.48. The highest BCUT2D eigenvalue weighted by Crippen LogP contribution is 2.33. The number of ether oxygens (including phenoxy) is 3. The van der Waals surface area contributed by atoms with Crippen LogP contribution >= 0.6 is 11.3 Å². The van der Waals surface area contributed by atoms with Crippen molar-refractivity contribution in [2.24, 2.45) is 0 Å². The lowest BCUT2D eigenvalue weighted by Crippen LogP contribution is -2.19. The van der Waals surface area contributed by atoms with Gasteiger partial charge in [0.2, 0.25) is 0 Å². The summed E-state index contributed by atoms with van der Waals surface area (Å²) in [7, 11) is 4.76. The Hall–Kier alpha value is -3.26. The fourth-order valence-electron chi connectivity index (χ4n) is 2.39. The summed E-state index contributed by atoms with van der Waals surface area (Å²) in [5.74, 6) is 1.99. The van der Waals surface area contributed by atoms with Crippen LogP contribution in [-0.2, 0) is 0 Å². The summed E-state index contributed by atoms with van der Waals surface area (Å²) in [6.45, 7) is 0. The van der Waals surface area contributed by atoms with E-state index < -0.39 is 0 Å². The minimum absolute atomic E-state index is 0.367. The first-order valence-corrected chi connectivity index (χ1v) is 8.91. The van der Waals surface area contributed by atoms with E-state index in [0.29, 0.717) is 22.3 Å². The number of hydrogen-bond acceptors (Lipinski definition) is 6. The third-order valence-electron chi connectivity index (χ3n) is 3.75. The fraction of sp³-hybridized carbons (Fsp3) is 0.158. The zero-order valence-corrected chi connectivity index (χ0v) is 15.9. The molecule has 2 N–H and O–H groups in total. The second-order valence-electron chi connectivity index (χ2n) is 5.42. The lowest BCUT2D eigenvalue weighted by molar-refractivity contribution is 0.262. The standard InChI is InChI=1S/C19H19N3O4S/c1-24-14-7-5-13(6-8-14)20-18(23)22-19-21-15(11-27-19)12-4-9-16(25-2)17(10-12)26-3/h4-11H,1-3H3,(H2,20,21,22,23). The molecule has 3 rings (SSSR count). The Morgan fingerprint density at radius 1 is 0.926 bits per heavy atom. The number of nitrogens with one attached hydrogen (secondary N) is 2. The van der Waals surface area contributed by atoms with Gasteiger partial charge in [0.1, 0.15) is 5.75 Å². The third kappa shape index (κ3) is 4.48. The van der Waals surface area contributed by atoms with E-state index in [4.69, 9.17) is 14.2 Å². The number of benzene rings is 2. The third-order valence-corrected chi connectivity index (χ3v) is 4.51. The normalized spacial score (nSPS) is 10.2. The van der Waals surface area contributed by atoms with Crippen molar-refractivity contribution >= 4 is 28.2 Å². The number of aromatic nitrogens is 1. The molecule has 3 aromatic rings. The zero-order chi connectivity index (χ0) is 19.2. The van der Waals surface area contributed by atoms with E-state index >= 15 is 0 Å². The summed E-state index contributed by atoms with van der Waals surface area (Å²) in [5, 5.41) is 7.84. The van der Waals surface area contributed by atoms with Crippen molar-refractivity contribution in [2.45, 2.75) is 0 Å². The monoisotopic (exact) mass is 385 g/mol. The SMILES string of the molecule is COc1ccc(NC(=O)Nc2nc(-c3ccc(OC)c(OC)c3)cs2)cc1. The molecule has 2 aromatic carbocycles. The first-order chi connectivity index (χ1) is 13.1. The van der Waals surface area contributed by atoms with Crippen LogP contribution in [0.3, 0.4) is 0 Å². The van der Waals surface area contributed by atoms with Crippen LogP contribution in [0.25, 0.3) is 11.3 Å². The maximum absolute atomic E-state index is 12.1. The van der Waals surface area contributed by atoms with Gasteiger partial charge in [-0.3, -0.25) is 5.32 Å². The molecule has 0 unspecified atom stereocenters. The van der Waals surface area contributed by atoms with Gasteiger partial charge in [-0.2, -0.15) is 0 Å². The molecular weight excluding hydrogens is 366 g/mol. The molecule has 0 fully saturated rings. The largest absolute Gasteiger partial charge is 0.497 e. The maximum atomic E-state index is 12.1. The molecule has 1 aromatic heterocycles. The van der Waals surface area contributed by atoms with E-state index in [1.165, 1.54) is 11.3 Å². The number of hydrogen-bond donors (Lipinski definition) is 2. The summed E-state index contributed by atoms with van der Waals surface area (Å²) in [4.78, 5) is 16.6. The van der Waals surface area contributed by atoms with Crippen LogP contribution in [0.1, 0.15) is 0 Å². The van der Waals surface area contributed by atoms with E-state index in [2.05, 4.69) is 15.6 Å². The van der Waals surface area contributed by atoms with Gasteiger partial charge in [0.05, 0.1) is 27.0 Å². The molecule has 27 heavy (non-hydrogen) atoms. The van der Waals surface area contributed by atoms with Gasteiger partial charge >= 0.3 is 6.03 Å². The van der Waals surface area contributed by atoms with Crippen molar-refractivity contribution in [3.63, 3.8) is 0 Å². The molecule has 0 aliphatic heterocycles. The first kappa shape index (κ1) is 18.5. The van der Waals surface area contributed by atoms with E-state index in [-0.39, 0.29) is 6.03 Å². The van der Waals surface area contributed by atoms with Gasteiger partial charge < -0.3 is 19.5 Å². The number of nitrogens with zero attached hydrogens (tertiary/aromatic N) is 1. The van der Waals surface area contributed by atoms with Gasteiger partial charge in [-0.15, -0.1) is 11.3 Å². The number of amides is 2. The van der Waals surface area contributed by atoms with Crippen molar-refractivity contribution in [1.82, 2.24) is 4.98 Å². The second kappa shape index (κ2) is 8.41. The van der Waals surface area contributed by atoms with Gasteiger partial charge in [-0.25, -0.2) is 9.78 Å². The van der Waals surface area contributed by atoms with Crippen LogP contribution in [0.5, 0.6) is 17.2 Å². The minimum Gasteiger partial charge on any atom is -0.497 e. The topological polar surface area (TPSA) is 81.7 Å². The van der Waals surface area contributed by atoms with Crippen LogP contribution in [0.15, 0.2) is 47.8 Å². The molecule has 7 nitrogen and oxygen atoms in total. The Morgan fingerprint density at radius 2 is 1.67 bits per heavy atom. The van der Waals surface area contributed by atoms with E-state index in [9.17, 15) is 4.79 Å². The highest BCUT2D eigenvalue weighted by molar-refractivity contribution is 7.14. The highest BCUT2D eigenvalue weighted by atomic mass is 32.1. The summed E-state index contributed by atoms with van der Waals surface area (Å²) in [6.07, 6.45) is 0. The zero-order valence-electron chi connectivity index (χ0n) is 15.1. The predicted molar refractivity (Wildman–Crippen MR) is 106 cm³/mol. The van der Waals surface area contributed by atoms with Gasteiger partial charge in [-0.1, -0.05) is 0 Å². The molecule has 0 saturated carbocycles. The molecule has 0 atom stereocenters. The summed E-state index contributed by atoms with van der Waals surface area (Å²) in [5.41, 5.74) is 2.26. The quantitative estimate of drug-likeness (QED) is 0.654. The number of carbonyl (C=O) groups excluding carboxylic acids is 1. The first-order valence-electron chi connectivity index (χ1n) is 8.03. The molecule has 0 saturated heterocycles. The molecule has 0 spiro atoms. The Labute approximate surface area is 160 Å². The summed E-state index contributed by atoms with van der Waals surface area (Å²) in [6, 6.07) is 12.2. The number of anilines is 2. The van der Waals surface area contributed by atoms with Crippen molar-refractivity contribution in [3.8, 4) is 28.5 Å². The Kier molecular flexibility index (Phi) is 5.77. The smallest absolute Gasteiger partial charge is 0.325 e. The highest BCUT2D eigenvalue weighted by Gasteiger charge is 2.11. The van der Waals surface area contributed by atoms with E-state index in [1.54, 1.807) is 45.6 Å². The molecule has 8 heteroatoms.